The number of anilines is 1. The molecule has 4 aromatic rings. The minimum absolute atomic E-state index is 0.0328. The first-order valence-electron chi connectivity index (χ1n) is 11.0. The molecule has 2 aromatic heterocycles. The third-order valence-corrected chi connectivity index (χ3v) is 5.47. The number of hydrogen-bond donors (Lipinski definition) is 1. The molecule has 6 nitrogen and oxygen atoms in total. The highest BCUT2D eigenvalue weighted by Gasteiger charge is 2.18. The largest absolute Gasteiger partial charge is 0.467 e. The van der Waals surface area contributed by atoms with Crippen molar-refractivity contribution in [3.8, 4) is 11.4 Å². The Morgan fingerprint density at radius 3 is 2.56 bits per heavy atom. The van der Waals surface area contributed by atoms with Crippen molar-refractivity contribution in [2.24, 2.45) is 0 Å². The molecular weight excluding hydrogens is 400 g/mol. The first-order valence-corrected chi connectivity index (χ1v) is 11.0. The van der Waals surface area contributed by atoms with Crippen molar-refractivity contribution in [3.05, 3.63) is 78.8 Å². The van der Waals surface area contributed by atoms with Gasteiger partial charge in [-0.2, -0.15) is 0 Å². The summed E-state index contributed by atoms with van der Waals surface area (Å²) in [4.78, 5) is 24.4. The van der Waals surface area contributed by atoms with Crippen molar-refractivity contribution < 1.29 is 9.21 Å². The molecule has 164 valence electrons. The van der Waals surface area contributed by atoms with E-state index in [2.05, 4.69) is 17.1 Å². The molecule has 0 spiro atoms. The lowest BCUT2D eigenvalue weighted by Crippen LogP contribution is -2.35. The standard InChI is InChI=1S/C26H28N4O2/c1-3-19(2)27-24(31)15-16-30(18-21-12-9-17-32-21)26-22-13-7-8-14-23(22)28-25(29-26)20-10-5-4-6-11-20/h4-14,17,19H,3,15-16,18H2,1-2H3,(H,27,31)/t19-/m1/s1. The van der Waals surface area contributed by atoms with Crippen LogP contribution < -0.4 is 10.2 Å². The highest BCUT2D eigenvalue weighted by atomic mass is 16.3. The summed E-state index contributed by atoms with van der Waals surface area (Å²) in [7, 11) is 0. The molecule has 1 amide bonds. The highest BCUT2D eigenvalue weighted by molar-refractivity contribution is 5.91. The van der Waals surface area contributed by atoms with Gasteiger partial charge in [-0.05, 0) is 37.6 Å². The van der Waals surface area contributed by atoms with Crippen LogP contribution in [-0.2, 0) is 11.3 Å². The van der Waals surface area contributed by atoms with Crippen LogP contribution in [0.15, 0.2) is 77.4 Å². The molecule has 0 fully saturated rings. The Balaban J connectivity index is 1.72. The Hall–Kier alpha value is -3.67. The summed E-state index contributed by atoms with van der Waals surface area (Å²) >= 11 is 0. The molecule has 0 unspecified atom stereocenters. The van der Waals surface area contributed by atoms with Crippen LogP contribution in [0.25, 0.3) is 22.3 Å². The van der Waals surface area contributed by atoms with E-state index < -0.39 is 0 Å². The Bertz CT molecular complexity index is 1160. The second kappa shape index (κ2) is 10.1. The summed E-state index contributed by atoms with van der Waals surface area (Å²) < 4.78 is 5.62. The summed E-state index contributed by atoms with van der Waals surface area (Å²) in [6, 6.07) is 21.9. The summed E-state index contributed by atoms with van der Waals surface area (Å²) in [5, 5.41) is 3.99. The molecule has 1 N–H and O–H groups in total. The van der Waals surface area contributed by atoms with E-state index in [0.717, 1.165) is 34.5 Å². The molecule has 1 atom stereocenters. The van der Waals surface area contributed by atoms with Crippen LogP contribution in [0.1, 0.15) is 32.4 Å². The topological polar surface area (TPSA) is 71.3 Å². The lowest BCUT2D eigenvalue weighted by Gasteiger charge is -2.25. The number of aromatic nitrogens is 2. The number of hydrogen-bond acceptors (Lipinski definition) is 5. The molecule has 0 aliphatic carbocycles. The number of furan rings is 1. The fraction of sp³-hybridized carbons (Fsp3) is 0.269. The van der Waals surface area contributed by atoms with Crippen LogP contribution in [0, 0.1) is 0 Å². The average Bonchev–Trinajstić information content (AvgIpc) is 3.34. The van der Waals surface area contributed by atoms with Crippen LogP contribution >= 0.6 is 0 Å². The van der Waals surface area contributed by atoms with Gasteiger partial charge in [0.1, 0.15) is 11.6 Å². The quantitative estimate of drug-likeness (QED) is 0.397. The first kappa shape index (κ1) is 21.6. The van der Waals surface area contributed by atoms with Gasteiger partial charge in [-0.15, -0.1) is 0 Å². The van der Waals surface area contributed by atoms with E-state index >= 15 is 0 Å². The van der Waals surface area contributed by atoms with Crippen LogP contribution in [-0.4, -0.2) is 28.5 Å². The van der Waals surface area contributed by atoms with E-state index in [1.807, 2.05) is 73.7 Å². The predicted molar refractivity (Wildman–Crippen MR) is 127 cm³/mol. The van der Waals surface area contributed by atoms with Gasteiger partial charge in [0.15, 0.2) is 5.82 Å². The van der Waals surface area contributed by atoms with E-state index in [4.69, 9.17) is 14.4 Å². The number of nitrogens with zero attached hydrogens (tertiary/aromatic N) is 3. The maximum atomic E-state index is 12.5. The molecule has 2 aromatic carbocycles. The zero-order valence-corrected chi connectivity index (χ0v) is 18.5. The van der Waals surface area contributed by atoms with Gasteiger partial charge in [0.2, 0.25) is 5.91 Å². The number of rotatable bonds is 9. The van der Waals surface area contributed by atoms with Gasteiger partial charge >= 0.3 is 0 Å². The zero-order valence-electron chi connectivity index (χ0n) is 18.5. The maximum absolute atomic E-state index is 12.5. The summed E-state index contributed by atoms with van der Waals surface area (Å²) in [6.07, 6.45) is 2.93. The van der Waals surface area contributed by atoms with Gasteiger partial charge in [-0.25, -0.2) is 9.97 Å². The third-order valence-electron chi connectivity index (χ3n) is 5.47. The van der Waals surface area contributed by atoms with Crippen LogP contribution in [0.2, 0.25) is 0 Å². The lowest BCUT2D eigenvalue weighted by molar-refractivity contribution is -0.121. The summed E-state index contributed by atoms with van der Waals surface area (Å²) in [5.74, 6) is 2.30. The smallest absolute Gasteiger partial charge is 0.221 e. The fourth-order valence-corrected chi connectivity index (χ4v) is 3.55. The summed E-state index contributed by atoms with van der Waals surface area (Å²) in [6.45, 7) is 5.10. The monoisotopic (exact) mass is 428 g/mol. The number of carbonyl (C=O) groups is 1. The Morgan fingerprint density at radius 2 is 1.81 bits per heavy atom. The molecule has 0 saturated heterocycles. The number of fused-ring (bicyclic) bond motifs is 1. The lowest BCUT2D eigenvalue weighted by atomic mass is 10.1. The fourth-order valence-electron chi connectivity index (χ4n) is 3.55. The normalized spacial score (nSPS) is 11.9. The molecular formula is C26H28N4O2. The van der Waals surface area contributed by atoms with Crippen molar-refractivity contribution in [1.29, 1.82) is 0 Å². The van der Waals surface area contributed by atoms with Gasteiger partial charge in [0.25, 0.3) is 0 Å². The van der Waals surface area contributed by atoms with Crippen molar-refractivity contribution in [2.75, 3.05) is 11.4 Å². The highest BCUT2D eigenvalue weighted by Crippen LogP contribution is 2.29. The minimum atomic E-state index is 0.0328. The Morgan fingerprint density at radius 1 is 1.03 bits per heavy atom. The molecule has 6 heteroatoms. The van der Waals surface area contributed by atoms with Crippen molar-refractivity contribution >= 4 is 22.6 Å². The van der Waals surface area contributed by atoms with Crippen LogP contribution in [0.5, 0.6) is 0 Å². The molecule has 2 heterocycles. The zero-order chi connectivity index (χ0) is 22.3. The second-order valence-corrected chi connectivity index (χ2v) is 7.88. The van der Waals surface area contributed by atoms with E-state index in [-0.39, 0.29) is 11.9 Å². The SMILES string of the molecule is CC[C@@H](C)NC(=O)CCN(Cc1ccco1)c1nc(-c2ccccc2)nc2ccccc12. The number of carbonyl (C=O) groups excluding carboxylic acids is 1. The van der Waals surface area contributed by atoms with E-state index in [1.54, 1.807) is 6.26 Å². The second-order valence-electron chi connectivity index (χ2n) is 7.88. The van der Waals surface area contributed by atoms with Crippen LogP contribution in [0.4, 0.5) is 5.82 Å². The van der Waals surface area contributed by atoms with Crippen LogP contribution in [0.3, 0.4) is 0 Å². The molecule has 0 radical (unpaired) electrons. The Kier molecular flexibility index (Phi) is 6.80. The summed E-state index contributed by atoms with van der Waals surface area (Å²) in [5.41, 5.74) is 1.82. The Labute approximate surface area is 188 Å². The number of para-hydroxylation sites is 1. The number of amides is 1. The maximum Gasteiger partial charge on any atom is 0.221 e. The van der Waals surface area contributed by atoms with Crippen molar-refractivity contribution in [1.82, 2.24) is 15.3 Å². The molecule has 0 aliphatic heterocycles. The first-order chi connectivity index (χ1) is 15.6. The number of benzene rings is 2. The molecule has 0 saturated carbocycles. The van der Waals surface area contributed by atoms with E-state index in [1.165, 1.54) is 0 Å². The minimum Gasteiger partial charge on any atom is -0.467 e. The van der Waals surface area contributed by atoms with E-state index in [0.29, 0.717) is 25.3 Å². The molecule has 0 aliphatic rings. The van der Waals surface area contributed by atoms with E-state index in [9.17, 15) is 4.79 Å². The van der Waals surface area contributed by atoms with Gasteiger partial charge in [-0.1, -0.05) is 49.4 Å². The van der Waals surface area contributed by atoms with Gasteiger partial charge in [0, 0.05) is 30.0 Å². The molecule has 32 heavy (non-hydrogen) atoms. The van der Waals surface area contributed by atoms with Crippen molar-refractivity contribution in [2.45, 2.75) is 39.3 Å². The van der Waals surface area contributed by atoms with Crippen molar-refractivity contribution in [3.63, 3.8) is 0 Å². The van der Waals surface area contributed by atoms with Gasteiger partial charge in [0.05, 0.1) is 18.3 Å². The van der Waals surface area contributed by atoms with Gasteiger partial charge < -0.3 is 14.6 Å². The van der Waals surface area contributed by atoms with Gasteiger partial charge in [-0.3, -0.25) is 4.79 Å². The third kappa shape index (κ3) is 5.14. The predicted octanol–water partition coefficient (Wildman–Crippen LogP) is 5.20. The molecule has 4 rings (SSSR count). The number of nitrogens with one attached hydrogen (secondary N) is 1. The average molecular weight is 429 g/mol. The molecule has 0 bridgehead atoms.